The number of halogens is 1. The molecule has 3 aromatic rings. The molecule has 1 aliphatic heterocycles. The second-order valence-corrected chi connectivity index (χ2v) is 10.9. The van der Waals surface area contributed by atoms with Crippen molar-refractivity contribution in [1.82, 2.24) is 15.3 Å². The number of hydrogen-bond acceptors (Lipinski definition) is 6. The molecule has 0 saturated carbocycles. The molecule has 9 heteroatoms. The Morgan fingerprint density at radius 3 is 2.48 bits per heavy atom. The Bertz CT molecular complexity index is 1270. The topological polar surface area (TPSA) is 92.3 Å². The van der Waals surface area contributed by atoms with Gasteiger partial charge in [0, 0.05) is 42.2 Å². The van der Waals surface area contributed by atoms with Crippen LogP contribution in [0.25, 0.3) is 10.9 Å². The van der Waals surface area contributed by atoms with Crippen molar-refractivity contribution in [2.75, 3.05) is 30.8 Å². The number of aryl methyl sites for hydroxylation is 1. The van der Waals surface area contributed by atoms with Crippen molar-refractivity contribution in [3.63, 3.8) is 0 Å². The van der Waals surface area contributed by atoms with Gasteiger partial charge in [0.2, 0.25) is 11.9 Å². The number of benzene rings is 2. The van der Waals surface area contributed by atoms with E-state index in [1.807, 2.05) is 31.2 Å². The van der Waals surface area contributed by atoms with Crippen LogP contribution in [-0.4, -0.2) is 50.2 Å². The minimum absolute atomic E-state index is 0.0372. The van der Waals surface area contributed by atoms with Gasteiger partial charge in [0.15, 0.2) is 9.84 Å². The van der Waals surface area contributed by atoms with Crippen LogP contribution in [0.4, 0.5) is 5.95 Å². The molecule has 174 valence electrons. The number of nitrogens with one attached hydrogen (secondary N) is 1. The van der Waals surface area contributed by atoms with Crippen molar-refractivity contribution < 1.29 is 13.2 Å². The summed E-state index contributed by atoms with van der Waals surface area (Å²) in [6.45, 7) is 3.84. The number of aromatic nitrogens is 2. The van der Waals surface area contributed by atoms with Crippen molar-refractivity contribution in [2.45, 2.75) is 31.1 Å². The molecular weight excluding hydrogens is 460 g/mol. The van der Waals surface area contributed by atoms with Gasteiger partial charge in [-0.05, 0) is 62.1 Å². The molecule has 1 N–H and O–H groups in total. The lowest BCUT2D eigenvalue weighted by Gasteiger charge is -2.31. The molecule has 0 spiro atoms. The van der Waals surface area contributed by atoms with Crippen molar-refractivity contribution in [1.29, 1.82) is 0 Å². The molecule has 0 bridgehead atoms. The Labute approximate surface area is 199 Å². The van der Waals surface area contributed by atoms with Gasteiger partial charge in [-0.15, -0.1) is 0 Å². The highest BCUT2D eigenvalue weighted by Gasteiger charge is 2.26. The maximum absolute atomic E-state index is 12.6. The lowest BCUT2D eigenvalue weighted by atomic mass is 9.96. The average Bonchev–Trinajstić information content (AvgIpc) is 2.79. The van der Waals surface area contributed by atoms with Crippen LogP contribution in [0.5, 0.6) is 0 Å². The van der Waals surface area contributed by atoms with E-state index in [1.165, 1.54) is 6.26 Å². The molecule has 0 radical (unpaired) electrons. The first-order chi connectivity index (χ1) is 15.7. The molecule has 1 fully saturated rings. The summed E-state index contributed by atoms with van der Waals surface area (Å²) in [7, 11) is -3.31. The molecule has 1 saturated heterocycles. The van der Waals surface area contributed by atoms with Gasteiger partial charge in [0.25, 0.3) is 0 Å². The van der Waals surface area contributed by atoms with Gasteiger partial charge in [-0.25, -0.2) is 18.4 Å². The summed E-state index contributed by atoms with van der Waals surface area (Å²) in [4.78, 5) is 24.2. The molecule has 33 heavy (non-hydrogen) atoms. The fraction of sp³-hybridized carbons (Fsp3) is 0.375. The number of piperidine rings is 1. The highest BCUT2D eigenvalue weighted by atomic mass is 35.5. The number of nitrogens with zero attached hydrogens (tertiary/aromatic N) is 3. The molecule has 0 aliphatic carbocycles. The minimum atomic E-state index is -3.31. The van der Waals surface area contributed by atoms with E-state index >= 15 is 0 Å². The smallest absolute Gasteiger partial charge is 0.226 e. The lowest BCUT2D eigenvalue weighted by molar-refractivity contribution is -0.125. The number of anilines is 1. The van der Waals surface area contributed by atoms with Crippen molar-refractivity contribution in [2.24, 2.45) is 5.92 Å². The van der Waals surface area contributed by atoms with Crippen molar-refractivity contribution in [3.05, 3.63) is 58.7 Å². The first-order valence-corrected chi connectivity index (χ1v) is 13.2. The van der Waals surface area contributed by atoms with Crippen LogP contribution in [0.3, 0.4) is 0 Å². The van der Waals surface area contributed by atoms with Gasteiger partial charge in [0.05, 0.1) is 16.1 Å². The maximum Gasteiger partial charge on any atom is 0.226 e. The van der Waals surface area contributed by atoms with Crippen LogP contribution >= 0.6 is 11.6 Å². The first kappa shape index (κ1) is 23.4. The fourth-order valence-electron chi connectivity index (χ4n) is 4.09. The summed E-state index contributed by atoms with van der Waals surface area (Å²) < 4.78 is 23.8. The Balaban J connectivity index is 1.36. The third-order valence-corrected chi connectivity index (χ3v) is 7.41. The van der Waals surface area contributed by atoms with E-state index in [0.29, 0.717) is 36.1 Å². The average molecular weight is 487 g/mol. The summed E-state index contributed by atoms with van der Waals surface area (Å²) in [5.74, 6) is 0.620. The minimum Gasteiger partial charge on any atom is -0.356 e. The van der Waals surface area contributed by atoms with Gasteiger partial charge in [-0.2, -0.15) is 0 Å². The van der Waals surface area contributed by atoms with Gasteiger partial charge < -0.3 is 10.2 Å². The van der Waals surface area contributed by atoms with E-state index in [9.17, 15) is 13.2 Å². The standard InChI is InChI=1S/C24H27ClN4O3S/c1-16-21-8-7-20(33(2,31)32)15-22(21)28-24(27-16)29-13-10-18(11-14-29)23(30)26-12-9-17-3-5-19(25)6-4-17/h3-8,15,18H,9-14H2,1-2H3,(H,26,30). The molecule has 0 atom stereocenters. The summed E-state index contributed by atoms with van der Waals surface area (Å²) >= 11 is 5.91. The van der Waals surface area contributed by atoms with Crippen LogP contribution in [0.1, 0.15) is 24.1 Å². The second kappa shape index (κ2) is 9.65. The molecular formula is C24H27ClN4O3S. The molecule has 2 heterocycles. The van der Waals surface area contributed by atoms with Crippen LogP contribution in [0.2, 0.25) is 5.02 Å². The van der Waals surface area contributed by atoms with Crippen LogP contribution < -0.4 is 10.2 Å². The Hall–Kier alpha value is -2.71. The Morgan fingerprint density at radius 1 is 1.12 bits per heavy atom. The predicted octanol–water partition coefficient (Wildman–Crippen LogP) is 3.57. The number of fused-ring (bicyclic) bond motifs is 1. The molecule has 1 aromatic heterocycles. The summed E-state index contributed by atoms with van der Waals surface area (Å²) in [6.07, 6.45) is 3.39. The third kappa shape index (κ3) is 5.62. The fourth-order valence-corrected chi connectivity index (χ4v) is 4.86. The number of carbonyl (C=O) groups excluding carboxylic acids is 1. The molecule has 1 aliphatic rings. The Morgan fingerprint density at radius 2 is 1.82 bits per heavy atom. The van der Waals surface area contributed by atoms with E-state index in [1.54, 1.807) is 18.2 Å². The number of carbonyl (C=O) groups is 1. The molecule has 1 amide bonds. The summed E-state index contributed by atoms with van der Waals surface area (Å²) in [6, 6.07) is 12.6. The van der Waals surface area contributed by atoms with Gasteiger partial charge >= 0.3 is 0 Å². The quantitative estimate of drug-likeness (QED) is 0.572. The lowest BCUT2D eigenvalue weighted by Crippen LogP contribution is -2.41. The van der Waals surface area contributed by atoms with Crippen molar-refractivity contribution >= 4 is 44.2 Å². The second-order valence-electron chi connectivity index (χ2n) is 8.49. The number of amides is 1. The molecule has 0 unspecified atom stereocenters. The van der Waals surface area contributed by atoms with E-state index in [4.69, 9.17) is 11.6 Å². The predicted molar refractivity (Wildman–Crippen MR) is 130 cm³/mol. The van der Waals surface area contributed by atoms with E-state index in [0.717, 1.165) is 35.9 Å². The third-order valence-electron chi connectivity index (χ3n) is 6.05. The maximum atomic E-state index is 12.6. The SMILES string of the molecule is Cc1nc(N2CCC(C(=O)NCCc3ccc(Cl)cc3)CC2)nc2cc(S(C)(=O)=O)ccc12. The zero-order valence-corrected chi connectivity index (χ0v) is 20.3. The van der Waals surface area contributed by atoms with Gasteiger partial charge in [-0.1, -0.05) is 23.7 Å². The highest BCUT2D eigenvalue weighted by Crippen LogP contribution is 2.25. The van der Waals surface area contributed by atoms with E-state index in [2.05, 4.69) is 20.2 Å². The van der Waals surface area contributed by atoms with Crippen molar-refractivity contribution in [3.8, 4) is 0 Å². The van der Waals surface area contributed by atoms with E-state index in [-0.39, 0.29) is 16.7 Å². The van der Waals surface area contributed by atoms with E-state index < -0.39 is 9.84 Å². The van der Waals surface area contributed by atoms with Gasteiger partial charge in [-0.3, -0.25) is 4.79 Å². The molecule has 7 nitrogen and oxygen atoms in total. The zero-order valence-electron chi connectivity index (χ0n) is 18.7. The monoisotopic (exact) mass is 486 g/mol. The number of hydrogen-bond donors (Lipinski definition) is 1. The number of rotatable bonds is 6. The zero-order chi connectivity index (χ0) is 23.6. The molecule has 4 rings (SSSR count). The molecule has 2 aromatic carbocycles. The van der Waals surface area contributed by atoms with Crippen LogP contribution in [-0.2, 0) is 21.1 Å². The first-order valence-electron chi connectivity index (χ1n) is 11.0. The van der Waals surface area contributed by atoms with Crippen LogP contribution in [0, 0.1) is 12.8 Å². The van der Waals surface area contributed by atoms with Crippen LogP contribution in [0.15, 0.2) is 47.4 Å². The van der Waals surface area contributed by atoms with Gasteiger partial charge in [0.1, 0.15) is 0 Å². The highest BCUT2D eigenvalue weighted by molar-refractivity contribution is 7.90. The summed E-state index contributed by atoms with van der Waals surface area (Å²) in [5, 5.41) is 4.58. The number of sulfone groups is 1. The largest absolute Gasteiger partial charge is 0.356 e. The normalized spacial score (nSPS) is 15.1. The Kier molecular flexibility index (Phi) is 6.86. The summed E-state index contributed by atoms with van der Waals surface area (Å²) in [5.41, 5.74) is 2.55.